The van der Waals surface area contributed by atoms with E-state index >= 15 is 0 Å². The van der Waals surface area contributed by atoms with Gasteiger partial charge < -0.3 is 4.74 Å². The van der Waals surface area contributed by atoms with Crippen molar-refractivity contribution in [2.75, 3.05) is 19.7 Å². The number of hydrogen-bond donors (Lipinski definition) is 0. The Labute approximate surface area is 154 Å². The fourth-order valence-corrected chi connectivity index (χ4v) is 3.37. The van der Waals surface area contributed by atoms with Crippen LogP contribution in [0.3, 0.4) is 0 Å². The fraction of sp³-hybridized carbons (Fsp3) is 0.333. The van der Waals surface area contributed by atoms with Gasteiger partial charge >= 0.3 is 0 Å². The maximum absolute atomic E-state index is 5.98. The van der Waals surface area contributed by atoms with E-state index in [0.717, 1.165) is 38.4 Å². The zero-order chi connectivity index (χ0) is 17.8. The van der Waals surface area contributed by atoms with Gasteiger partial charge in [-0.3, -0.25) is 14.6 Å². The molecule has 2 aromatic heterocycles. The highest BCUT2D eigenvalue weighted by Crippen LogP contribution is 2.22. The molecule has 0 N–H and O–H groups in total. The van der Waals surface area contributed by atoms with Crippen molar-refractivity contribution < 1.29 is 4.74 Å². The number of rotatable bonds is 5. The average Bonchev–Trinajstić information content (AvgIpc) is 3.08. The first-order chi connectivity index (χ1) is 12.8. The molecule has 0 aliphatic carbocycles. The molecule has 0 spiro atoms. The molecule has 5 heteroatoms. The van der Waals surface area contributed by atoms with Crippen LogP contribution in [0.5, 0.6) is 0 Å². The third-order valence-corrected chi connectivity index (χ3v) is 4.89. The molecule has 0 amide bonds. The Balaban J connectivity index is 1.39. The lowest BCUT2D eigenvalue weighted by Gasteiger charge is -2.32. The van der Waals surface area contributed by atoms with Gasteiger partial charge in [-0.05, 0) is 29.7 Å². The van der Waals surface area contributed by atoms with E-state index in [0.29, 0.717) is 0 Å². The van der Waals surface area contributed by atoms with E-state index in [-0.39, 0.29) is 6.10 Å². The van der Waals surface area contributed by atoms with Crippen LogP contribution in [0.15, 0.2) is 60.9 Å². The minimum absolute atomic E-state index is 0.0303. The van der Waals surface area contributed by atoms with Crippen molar-refractivity contribution in [3.05, 3.63) is 83.4 Å². The van der Waals surface area contributed by atoms with Crippen molar-refractivity contribution in [1.29, 1.82) is 0 Å². The van der Waals surface area contributed by atoms with E-state index in [4.69, 9.17) is 4.74 Å². The first-order valence-electron chi connectivity index (χ1n) is 9.07. The normalized spacial score (nSPS) is 18.1. The predicted octanol–water partition coefficient (Wildman–Crippen LogP) is 2.98. The van der Waals surface area contributed by atoms with Crippen LogP contribution in [0.2, 0.25) is 0 Å². The standard InChI is InChI=1S/C21H24N4O/c1-24-19(9-10-23-24)15-25-11-12-26-21(16-25)20-8-7-18(14-22-20)13-17-5-3-2-4-6-17/h2-10,14,21H,11-13,15-16H2,1H3/t21-/m0/s1. The molecule has 1 aromatic carbocycles. The van der Waals surface area contributed by atoms with Crippen LogP contribution < -0.4 is 0 Å². The van der Waals surface area contributed by atoms with Gasteiger partial charge in [-0.2, -0.15) is 5.10 Å². The summed E-state index contributed by atoms with van der Waals surface area (Å²) in [4.78, 5) is 7.09. The summed E-state index contributed by atoms with van der Waals surface area (Å²) >= 11 is 0. The molecular weight excluding hydrogens is 324 g/mol. The lowest BCUT2D eigenvalue weighted by atomic mass is 10.1. The molecule has 1 aliphatic rings. The smallest absolute Gasteiger partial charge is 0.112 e. The first-order valence-corrected chi connectivity index (χ1v) is 9.07. The minimum atomic E-state index is 0.0303. The van der Waals surface area contributed by atoms with E-state index in [1.807, 2.05) is 30.2 Å². The summed E-state index contributed by atoms with van der Waals surface area (Å²) in [7, 11) is 1.99. The molecule has 0 bridgehead atoms. The summed E-state index contributed by atoms with van der Waals surface area (Å²) in [6.45, 7) is 3.42. The molecule has 3 aromatic rings. The lowest BCUT2D eigenvalue weighted by Crippen LogP contribution is -2.38. The maximum Gasteiger partial charge on any atom is 0.112 e. The number of nitrogens with zero attached hydrogens (tertiary/aromatic N) is 4. The number of ether oxygens (including phenoxy) is 1. The lowest BCUT2D eigenvalue weighted by molar-refractivity contribution is -0.0356. The Morgan fingerprint density at radius 1 is 1.08 bits per heavy atom. The van der Waals surface area contributed by atoms with E-state index < -0.39 is 0 Å². The first kappa shape index (κ1) is 16.9. The molecule has 5 nitrogen and oxygen atoms in total. The van der Waals surface area contributed by atoms with Gasteiger partial charge in [0.2, 0.25) is 0 Å². The number of hydrogen-bond acceptors (Lipinski definition) is 4. The monoisotopic (exact) mass is 348 g/mol. The van der Waals surface area contributed by atoms with Crippen molar-refractivity contribution in [3.63, 3.8) is 0 Å². The maximum atomic E-state index is 5.98. The Kier molecular flexibility index (Phi) is 5.09. The van der Waals surface area contributed by atoms with E-state index in [2.05, 4.69) is 57.4 Å². The van der Waals surface area contributed by atoms with Gasteiger partial charge in [0.15, 0.2) is 0 Å². The zero-order valence-corrected chi connectivity index (χ0v) is 15.1. The highest BCUT2D eigenvalue weighted by atomic mass is 16.5. The highest BCUT2D eigenvalue weighted by molar-refractivity contribution is 5.25. The summed E-state index contributed by atoms with van der Waals surface area (Å²) in [6.07, 6.45) is 4.76. The summed E-state index contributed by atoms with van der Waals surface area (Å²) in [5.74, 6) is 0. The third-order valence-electron chi connectivity index (χ3n) is 4.89. The van der Waals surface area contributed by atoms with Crippen LogP contribution >= 0.6 is 0 Å². The Morgan fingerprint density at radius 2 is 1.96 bits per heavy atom. The predicted molar refractivity (Wildman–Crippen MR) is 101 cm³/mol. The van der Waals surface area contributed by atoms with E-state index in [9.17, 15) is 0 Å². The third kappa shape index (κ3) is 4.00. The van der Waals surface area contributed by atoms with Crippen LogP contribution in [0.4, 0.5) is 0 Å². The van der Waals surface area contributed by atoms with Crippen LogP contribution in [-0.4, -0.2) is 39.4 Å². The summed E-state index contributed by atoms with van der Waals surface area (Å²) in [5.41, 5.74) is 4.76. The van der Waals surface area contributed by atoms with Crippen molar-refractivity contribution in [3.8, 4) is 0 Å². The molecule has 0 unspecified atom stereocenters. The molecule has 3 heterocycles. The van der Waals surface area contributed by atoms with Gasteiger partial charge in [0, 0.05) is 39.1 Å². The van der Waals surface area contributed by atoms with E-state index in [1.54, 1.807) is 0 Å². The largest absolute Gasteiger partial charge is 0.369 e. The molecular formula is C21H24N4O. The number of pyridine rings is 1. The topological polar surface area (TPSA) is 43.2 Å². The van der Waals surface area contributed by atoms with E-state index in [1.165, 1.54) is 16.8 Å². The molecule has 0 saturated carbocycles. The molecule has 4 rings (SSSR count). The molecule has 1 atom stereocenters. The van der Waals surface area contributed by atoms with Gasteiger partial charge in [-0.15, -0.1) is 0 Å². The van der Waals surface area contributed by atoms with Crippen LogP contribution in [0.1, 0.15) is 28.6 Å². The quantitative estimate of drug-likeness (QED) is 0.711. The van der Waals surface area contributed by atoms with Crippen molar-refractivity contribution in [1.82, 2.24) is 19.7 Å². The Bertz CT molecular complexity index is 829. The van der Waals surface area contributed by atoms with Crippen LogP contribution in [0.25, 0.3) is 0 Å². The molecule has 0 radical (unpaired) electrons. The Hall–Kier alpha value is -2.50. The molecule has 1 fully saturated rings. The minimum Gasteiger partial charge on any atom is -0.369 e. The van der Waals surface area contributed by atoms with Gasteiger partial charge in [0.1, 0.15) is 6.10 Å². The second-order valence-corrected chi connectivity index (χ2v) is 6.79. The fourth-order valence-electron chi connectivity index (χ4n) is 3.37. The summed E-state index contributed by atoms with van der Waals surface area (Å²) < 4.78 is 7.91. The number of aromatic nitrogens is 3. The molecule has 26 heavy (non-hydrogen) atoms. The van der Waals surface area contributed by atoms with Crippen LogP contribution in [0, 0.1) is 0 Å². The second-order valence-electron chi connectivity index (χ2n) is 6.79. The highest BCUT2D eigenvalue weighted by Gasteiger charge is 2.23. The van der Waals surface area contributed by atoms with Crippen molar-refractivity contribution in [2.45, 2.75) is 19.1 Å². The van der Waals surface area contributed by atoms with Gasteiger partial charge in [-0.25, -0.2) is 0 Å². The SMILES string of the molecule is Cn1nccc1CN1CCO[C@H](c2ccc(Cc3ccccc3)cn2)C1. The molecule has 1 saturated heterocycles. The van der Waals surface area contributed by atoms with Crippen molar-refractivity contribution >= 4 is 0 Å². The van der Waals surface area contributed by atoms with Crippen LogP contribution in [-0.2, 0) is 24.8 Å². The average molecular weight is 348 g/mol. The zero-order valence-electron chi connectivity index (χ0n) is 15.1. The van der Waals surface area contributed by atoms with Crippen molar-refractivity contribution in [2.24, 2.45) is 7.05 Å². The molecule has 1 aliphatic heterocycles. The number of morpholine rings is 1. The summed E-state index contributed by atoms with van der Waals surface area (Å²) in [5, 5.41) is 4.25. The molecule has 134 valence electrons. The van der Waals surface area contributed by atoms with Gasteiger partial charge in [0.05, 0.1) is 18.0 Å². The second kappa shape index (κ2) is 7.81. The van der Waals surface area contributed by atoms with Gasteiger partial charge in [-0.1, -0.05) is 36.4 Å². The Morgan fingerprint density at radius 3 is 2.69 bits per heavy atom. The van der Waals surface area contributed by atoms with Gasteiger partial charge in [0.25, 0.3) is 0 Å². The number of benzene rings is 1. The summed E-state index contributed by atoms with van der Waals surface area (Å²) in [6, 6.07) is 16.8. The number of aryl methyl sites for hydroxylation is 1.